The zero-order valence-electron chi connectivity index (χ0n) is 8.05. The van der Waals surface area contributed by atoms with E-state index in [1.807, 2.05) is 25.1 Å². The summed E-state index contributed by atoms with van der Waals surface area (Å²) in [5.41, 5.74) is 1.02. The first-order valence-corrected chi connectivity index (χ1v) is 5.06. The van der Waals surface area contributed by atoms with Crippen molar-refractivity contribution in [1.82, 2.24) is 4.98 Å². The van der Waals surface area contributed by atoms with Crippen LogP contribution in [0.4, 0.5) is 5.82 Å². The van der Waals surface area contributed by atoms with Crippen molar-refractivity contribution in [2.75, 3.05) is 11.2 Å². The molecule has 13 heavy (non-hydrogen) atoms. The molecule has 0 aliphatic heterocycles. The van der Waals surface area contributed by atoms with E-state index in [0.29, 0.717) is 11.9 Å². The molecule has 0 amide bonds. The lowest BCUT2D eigenvalue weighted by molar-refractivity contribution is 0.765. The fourth-order valence-corrected chi connectivity index (χ4v) is 1.38. The lowest BCUT2D eigenvalue weighted by atomic mass is 10.2. The van der Waals surface area contributed by atoms with E-state index in [-0.39, 0.29) is 0 Å². The molecule has 72 valence electrons. The third-order valence-electron chi connectivity index (χ3n) is 1.92. The highest BCUT2D eigenvalue weighted by Gasteiger charge is 2.03. The Balaban J connectivity index is 2.62. The first kappa shape index (κ1) is 10.3. The Morgan fingerprint density at radius 2 is 2.31 bits per heavy atom. The molecule has 1 unspecified atom stereocenters. The summed E-state index contributed by atoms with van der Waals surface area (Å²) in [5, 5.41) is 3.28. The van der Waals surface area contributed by atoms with Crippen molar-refractivity contribution in [2.24, 2.45) is 0 Å². The summed E-state index contributed by atoms with van der Waals surface area (Å²) in [6.45, 7) is 4.09. The number of alkyl halides is 1. The molecular weight excluding hydrogens is 184 g/mol. The van der Waals surface area contributed by atoms with E-state index in [9.17, 15) is 0 Å². The van der Waals surface area contributed by atoms with Gasteiger partial charge in [0, 0.05) is 17.6 Å². The van der Waals surface area contributed by atoms with Gasteiger partial charge in [0.05, 0.1) is 0 Å². The Bertz CT molecular complexity index is 259. The molecule has 1 aromatic rings. The number of aromatic nitrogens is 1. The summed E-state index contributed by atoms with van der Waals surface area (Å²) in [6.07, 6.45) is 1.01. The van der Waals surface area contributed by atoms with Gasteiger partial charge in [-0.25, -0.2) is 4.98 Å². The molecule has 0 fully saturated rings. The smallest absolute Gasteiger partial charge is 0.126 e. The summed E-state index contributed by atoms with van der Waals surface area (Å²) in [4.78, 5) is 4.34. The van der Waals surface area contributed by atoms with Crippen molar-refractivity contribution in [1.29, 1.82) is 0 Å². The van der Waals surface area contributed by atoms with Gasteiger partial charge in [-0.15, -0.1) is 11.6 Å². The highest BCUT2D eigenvalue weighted by molar-refractivity contribution is 6.18. The minimum atomic E-state index is 0.316. The predicted molar refractivity (Wildman–Crippen MR) is 57.4 cm³/mol. The van der Waals surface area contributed by atoms with Gasteiger partial charge in [-0.2, -0.15) is 0 Å². The minimum absolute atomic E-state index is 0.316. The second kappa shape index (κ2) is 5.07. The van der Waals surface area contributed by atoms with Crippen LogP contribution in [0, 0.1) is 6.92 Å². The molecule has 1 aromatic heterocycles. The SMILES string of the molecule is CCC(CCl)Nc1cccc(C)n1. The van der Waals surface area contributed by atoms with Crippen LogP contribution in [-0.2, 0) is 0 Å². The lowest BCUT2D eigenvalue weighted by Crippen LogP contribution is -2.20. The first-order chi connectivity index (χ1) is 6.26. The van der Waals surface area contributed by atoms with Crippen LogP contribution in [0.5, 0.6) is 0 Å². The minimum Gasteiger partial charge on any atom is -0.366 e. The van der Waals surface area contributed by atoms with Gasteiger partial charge in [-0.05, 0) is 25.5 Å². The van der Waals surface area contributed by atoms with Gasteiger partial charge < -0.3 is 5.32 Å². The average Bonchev–Trinajstić information content (AvgIpc) is 2.14. The topological polar surface area (TPSA) is 24.9 Å². The monoisotopic (exact) mass is 198 g/mol. The molecule has 1 atom stereocenters. The van der Waals surface area contributed by atoms with Gasteiger partial charge in [0.15, 0.2) is 0 Å². The molecule has 0 aliphatic carbocycles. The van der Waals surface area contributed by atoms with Crippen LogP contribution in [-0.4, -0.2) is 16.9 Å². The van der Waals surface area contributed by atoms with E-state index >= 15 is 0 Å². The van der Waals surface area contributed by atoms with Gasteiger partial charge >= 0.3 is 0 Å². The number of nitrogens with one attached hydrogen (secondary N) is 1. The zero-order valence-corrected chi connectivity index (χ0v) is 8.80. The number of rotatable bonds is 4. The summed E-state index contributed by atoms with van der Waals surface area (Å²) in [6, 6.07) is 6.25. The summed E-state index contributed by atoms with van der Waals surface area (Å²) in [7, 11) is 0. The van der Waals surface area contributed by atoms with Crippen molar-refractivity contribution in [3.8, 4) is 0 Å². The first-order valence-electron chi connectivity index (χ1n) is 4.52. The van der Waals surface area contributed by atoms with Crippen molar-refractivity contribution >= 4 is 17.4 Å². The highest BCUT2D eigenvalue weighted by atomic mass is 35.5. The van der Waals surface area contributed by atoms with Crippen LogP contribution in [0.3, 0.4) is 0 Å². The third kappa shape index (κ3) is 3.23. The number of hydrogen-bond donors (Lipinski definition) is 1. The molecular formula is C10H15ClN2. The summed E-state index contributed by atoms with van der Waals surface area (Å²) >= 11 is 5.77. The van der Waals surface area contributed by atoms with E-state index in [1.165, 1.54) is 0 Å². The Morgan fingerprint density at radius 1 is 1.54 bits per heavy atom. The summed E-state index contributed by atoms with van der Waals surface area (Å²) in [5.74, 6) is 1.53. The predicted octanol–water partition coefficient (Wildman–Crippen LogP) is 2.82. The number of halogens is 1. The molecule has 0 saturated heterocycles. The van der Waals surface area contributed by atoms with Gasteiger partial charge in [0.2, 0.25) is 0 Å². The second-order valence-electron chi connectivity index (χ2n) is 3.07. The van der Waals surface area contributed by atoms with Crippen molar-refractivity contribution in [3.63, 3.8) is 0 Å². The Morgan fingerprint density at radius 3 is 2.85 bits per heavy atom. The zero-order chi connectivity index (χ0) is 9.68. The van der Waals surface area contributed by atoms with Gasteiger partial charge in [0.25, 0.3) is 0 Å². The fraction of sp³-hybridized carbons (Fsp3) is 0.500. The van der Waals surface area contributed by atoms with E-state index in [1.54, 1.807) is 0 Å². The van der Waals surface area contributed by atoms with Gasteiger partial charge in [-0.1, -0.05) is 13.0 Å². The normalized spacial score (nSPS) is 12.5. The number of aryl methyl sites for hydroxylation is 1. The van der Waals surface area contributed by atoms with Crippen LogP contribution in [0.15, 0.2) is 18.2 Å². The lowest BCUT2D eigenvalue weighted by Gasteiger charge is -2.14. The maximum atomic E-state index is 5.77. The number of nitrogens with zero attached hydrogens (tertiary/aromatic N) is 1. The molecule has 1 heterocycles. The molecule has 2 nitrogen and oxygen atoms in total. The molecule has 0 aliphatic rings. The second-order valence-corrected chi connectivity index (χ2v) is 3.38. The largest absolute Gasteiger partial charge is 0.366 e. The van der Waals surface area contributed by atoms with Gasteiger partial charge in [0.1, 0.15) is 5.82 Å². The third-order valence-corrected chi connectivity index (χ3v) is 2.29. The van der Waals surface area contributed by atoms with E-state index in [2.05, 4.69) is 17.2 Å². The van der Waals surface area contributed by atoms with E-state index in [0.717, 1.165) is 17.9 Å². The molecule has 0 saturated carbocycles. The molecule has 0 spiro atoms. The van der Waals surface area contributed by atoms with Crippen molar-refractivity contribution in [2.45, 2.75) is 26.3 Å². The van der Waals surface area contributed by atoms with E-state index in [4.69, 9.17) is 11.6 Å². The quantitative estimate of drug-likeness (QED) is 0.753. The van der Waals surface area contributed by atoms with Crippen LogP contribution >= 0.6 is 11.6 Å². The Kier molecular flexibility index (Phi) is 4.03. The van der Waals surface area contributed by atoms with Crippen LogP contribution in [0.2, 0.25) is 0 Å². The maximum Gasteiger partial charge on any atom is 0.126 e. The Hall–Kier alpha value is -0.760. The van der Waals surface area contributed by atoms with E-state index < -0.39 is 0 Å². The Labute approximate surface area is 84.3 Å². The average molecular weight is 199 g/mol. The molecule has 0 aromatic carbocycles. The number of pyridine rings is 1. The van der Waals surface area contributed by atoms with Crippen molar-refractivity contribution < 1.29 is 0 Å². The fourth-order valence-electron chi connectivity index (χ4n) is 1.08. The van der Waals surface area contributed by atoms with Crippen LogP contribution < -0.4 is 5.32 Å². The van der Waals surface area contributed by atoms with Gasteiger partial charge in [-0.3, -0.25) is 0 Å². The molecule has 0 bridgehead atoms. The van der Waals surface area contributed by atoms with Crippen molar-refractivity contribution in [3.05, 3.63) is 23.9 Å². The van der Waals surface area contributed by atoms with Crippen LogP contribution in [0.25, 0.3) is 0 Å². The number of hydrogen-bond acceptors (Lipinski definition) is 2. The highest BCUT2D eigenvalue weighted by Crippen LogP contribution is 2.08. The molecule has 1 rings (SSSR count). The standard InChI is InChI=1S/C10H15ClN2/c1-3-9(7-11)13-10-6-4-5-8(2)12-10/h4-6,9H,3,7H2,1-2H3,(H,12,13). The molecule has 0 radical (unpaired) electrons. The molecule has 3 heteroatoms. The summed E-state index contributed by atoms with van der Waals surface area (Å²) < 4.78 is 0. The molecule has 1 N–H and O–H groups in total. The number of anilines is 1. The maximum absolute atomic E-state index is 5.77. The van der Waals surface area contributed by atoms with Crippen LogP contribution in [0.1, 0.15) is 19.0 Å².